The molecule has 0 aromatic carbocycles. The Hall–Kier alpha value is -0.550. The monoisotopic (exact) mass is 141 g/mol. The van der Waals surface area contributed by atoms with Crippen LogP contribution in [0.2, 0.25) is 0 Å². The Morgan fingerprint density at radius 1 is 1.60 bits per heavy atom. The van der Waals surface area contributed by atoms with Crippen molar-refractivity contribution in [3.05, 3.63) is 0 Å². The first-order valence-corrected chi connectivity index (χ1v) is 3.83. The maximum Gasteiger partial charge on any atom is 0.0625 e. The summed E-state index contributed by atoms with van der Waals surface area (Å²) >= 11 is 0. The minimum Gasteiger partial charge on any atom is -0.396 e. The van der Waals surface area contributed by atoms with Crippen molar-refractivity contribution in [2.24, 2.45) is 5.92 Å². The summed E-state index contributed by atoms with van der Waals surface area (Å²) in [5.74, 6) is 0.213. The van der Waals surface area contributed by atoms with Crippen LogP contribution in [-0.2, 0) is 0 Å². The van der Waals surface area contributed by atoms with Crippen LogP contribution in [0.5, 0.6) is 0 Å². The first-order valence-electron chi connectivity index (χ1n) is 3.83. The second kappa shape index (κ2) is 6.57. The zero-order chi connectivity index (χ0) is 7.82. The third kappa shape index (κ3) is 4.34. The van der Waals surface area contributed by atoms with Crippen molar-refractivity contribution in [3.63, 3.8) is 0 Å². The summed E-state index contributed by atoms with van der Waals surface area (Å²) in [6.45, 7) is 2.27. The maximum atomic E-state index is 8.73. The van der Waals surface area contributed by atoms with Crippen LogP contribution in [0.25, 0.3) is 0 Å². The molecule has 0 bridgehead atoms. The number of nitriles is 1. The van der Waals surface area contributed by atoms with E-state index in [4.69, 9.17) is 10.4 Å². The van der Waals surface area contributed by atoms with E-state index < -0.39 is 0 Å². The molecule has 2 heteroatoms. The highest BCUT2D eigenvalue weighted by molar-refractivity contribution is 4.74. The van der Waals surface area contributed by atoms with E-state index in [1.807, 2.05) is 0 Å². The highest BCUT2D eigenvalue weighted by Gasteiger charge is 2.04. The largest absolute Gasteiger partial charge is 0.396 e. The smallest absolute Gasteiger partial charge is 0.0625 e. The van der Waals surface area contributed by atoms with Crippen molar-refractivity contribution in [1.82, 2.24) is 0 Å². The number of aliphatic hydroxyl groups excluding tert-OH is 1. The molecule has 0 saturated heterocycles. The lowest BCUT2D eigenvalue weighted by atomic mass is 10.0. The molecular formula is C8H15NO. The molecule has 0 spiro atoms. The first-order chi connectivity index (χ1) is 4.85. The normalized spacial score (nSPS) is 12.5. The Morgan fingerprint density at radius 3 is 2.70 bits per heavy atom. The van der Waals surface area contributed by atoms with Crippen LogP contribution in [0.1, 0.15) is 32.6 Å². The Bertz CT molecular complexity index is 106. The molecule has 0 fully saturated rings. The molecule has 1 atom stereocenters. The molecule has 0 aliphatic rings. The van der Waals surface area contributed by atoms with Gasteiger partial charge in [-0.05, 0) is 12.3 Å². The van der Waals surface area contributed by atoms with Crippen molar-refractivity contribution in [3.8, 4) is 6.07 Å². The van der Waals surface area contributed by atoms with Gasteiger partial charge in [-0.25, -0.2) is 0 Å². The van der Waals surface area contributed by atoms with Crippen LogP contribution in [0, 0.1) is 17.2 Å². The predicted molar refractivity (Wildman–Crippen MR) is 40.3 cm³/mol. The SMILES string of the molecule is CCCCC(CO)CC#N. The summed E-state index contributed by atoms with van der Waals surface area (Å²) in [5.41, 5.74) is 0. The van der Waals surface area contributed by atoms with Gasteiger partial charge in [0.05, 0.1) is 6.07 Å². The molecule has 1 unspecified atom stereocenters. The number of unbranched alkanes of at least 4 members (excludes halogenated alkanes) is 1. The molecule has 0 aliphatic carbocycles. The Balaban J connectivity index is 3.32. The minimum atomic E-state index is 0.160. The van der Waals surface area contributed by atoms with Crippen LogP contribution < -0.4 is 0 Å². The Kier molecular flexibility index (Phi) is 6.21. The highest BCUT2D eigenvalue weighted by atomic mass is 16.3. The average molecular weight is 141 g/mol. The zero-order valence-electron chi connectivity index (χ0n) is 6.51. The third-order valence-electron chi connectivity index (χ3n) is 1.60. The summed E-state index contributed by atoms with van der Waals surface area (Å²) in [7, 11) is 0. The summed E-state index contributed by atoms with van der Waals surface area (Å²) in [4.78, 5) is 0. The van der Waals surface area contributed by atoms with Gasteiger partial charge in [0, 0.05) is 13.0 Å². The number of rotatable bonds is 5. The first kappa shape index (κ1) is 9.45. The molecule has 10 heavy (non-hydrogen) atoms. The molecule has 0 aromatic rings. The zero-order valence-corrected chi connectivity index (χ0v) is 6.51. The van der Waals surface area contributed by atoms with Crippen LogP contribution in [0.3, 0.4) is 0 Å². The van der Waals surface area contributed by atoms with E-state index in [-0.39, 0.29) is 12.5 Å². The lowest BCUT2D eigenvalue weighted by molar-refractivity contribution is 0.218. The molecule has 0 rings (SSSR count). The van der Waals surface area contributed by atoms with Crippen LogP contribution in [-0.4, -0.2) is 11.7 Å². The van der Waals surface area contributed by atoms with Crippen molar-refractivity contribution in [2.75, 3.05) is 6.61 Å². The van der Waals surface area contributed by atoms with Crippen molar-refractivity contribution < 1.29 is 5.11 Å². The van der Waals surface area contributed by atoms with Crippen molar-refractivity contribution in [2.45, 2.75) is 32.6 Å². The molecule has 0 heterocycles. The quantitative estimate of drug-likeness (QED) is 0.633. The predicted octanol–water partition coefficient (Wildman–Crippen LogP) is 1.70. The Labute approximate surface area is 62.5 Å². The van der Waals surface area contributed by atoms with Crippen molar-refractivity contribution >= 4 is 0 Å². The second-order valence-corrected chi connectivity index (χ2v) is 2.55. The molecule has 58 valence electrons. The molecule has 2 nitrogen and oxygen atoms in total. The highest BCUT2D eigenvalue weighted by Crippen LogP contribution is 2.10. The summed E-state index contributed by atoms with van der Waals surface area (Å²) in [5, 5.41) is 17.0. The summed E-state index contributed by atoms with van der Waals surface area (Å²) in [6, 6.07) is 2.07. The van der Waals surface area contributed by atoms with Gasteiger partial charge < -0.3 is 5.11 Å². The van der Waals surface area contributed by atoms with E-state index in [2.05, 4.69) is 13.0 Å². The molecule has 0 amide bonds. The van der Waals surface area contributed by atoms with Gasteiger partial charge in [-0.2, -0.15) is 5.26 Å². The lowest BCUT2D eigenvalue weighted by Gasteiger charge is -2.07. The van der Waals surface area contributed by atoms with Gasteiger partial charge in [-0.3, -0.25) is 0 Å². The maximum absolute atomic E-state index is 8.73. The number of aliphatic hydroxyl groups is 1. The molecule has 0 saturated carbocycles. The summed E-state index contributed by atoms with van der Waals surface area (Å²) in [6.07, 6.45) is 3.74. The van der Waals surface area contributed by atoms with Gasteiger partial charge in [0.25, 0.3) is 0 Å². The molecular weight excluding hydrogens is 126 g/mol. The van der Waals surface area contributed by atoms with E-state index in [0.29, 0.717) is 6.42 Å². The average Bonchev–Trinajstić information content (AvgIpc) is 1.98. The van der Waals surface area contributed by atoms with E-state index in [0.717, 1.165) is 19.3 Å². The standard InChI is InChI=1S/C8H15NO/c1-2-3-4-8(7-10)5-6-9/h8,10H,2-5,7H2,1H3. The fourth-order valence-corrected chi connectivity index (χ4v) is 0.880. The van der Waals surface area contributed by atoms with Crippen molar-refractivity contribution in [1.29, 1.82) is 5.26 Å². The van der Waals surface area contributed by atoms with Gasteiger partial charge in [0.2, 0.25) is 0 Å². The van der Waals surface area contributed by atoms with Gasteiger partial charge in [0.1, 0.15) is 0 Å². The van der Waals surface area contributed by atoms with Gasteiger partial charge in [0.15, 0.2) is 0 Å². The van der Waals surface area contributed by atoms with Crippen LogP contribution in [0.4, 0.5) is 0 Å². The van der Waals surface area contributed by atoms with Crippen LogP contribution >= 0.6 is 0 Å². The van der Waals surface area contributed by atoms with Gasteiger partial charge >= 0.3 is 0 Å². The second-order valence-electron chi connectivity index (χ2n) is 2.55. The number of hydrogen-bond acceptors (Lipinski definition) is 2. The fraction of sp³-hybridized carbons (Fsp3) is 0.875. The topological polar surface area (TPSA) is 44.0 Å². The van der Waals surface area contributed by atoms with Crippen LogP contribution in [0.15, 0.2) is 0 Å². The molecule has 0 radical (unpaired) electrons. The molecule has 0 aliphatic heterocycles. The summed E-state index contributed by atoms with van der Waals surface area (Å²) < 4.78 is 0. The number of nitrogens with zero attached hydrogens (tertiary/aromatic N) is 1. The molecule has 1 N–H and O–H groups in total. The molecule has 0 aromatic heterocycles. The number of hydrogen-bond donors (Lipinski definition) is 1. The third-order valence-corrected chi connectivity index (χ3v) is 1.60. The lowest BCUT2D eigenvalue weighted by Crippen LogP contribution is -2.04. The Morgan fingerprint density at radius 2 is 2.30 bits per heavy atom. The van der Waals surface area contributed by atoms with Gasteiger partial charge in [-0.15, -0.1) is 0 Å². The van der Waals surface area contributed by atoms with E-state index >= 15 is 0 Å². The van der Waals surface area contributed by atoms with E-state index in [1.54, 1.807) is 0 Å². The van der Waals surface area contributed by atoms with E-state index in [1.165, 1.54) is 0 Å². The van der Waals surface area contributed by atoms with Gasteiger partial charge in [-0.1, -0.05) is 19.8 Å². The minimum absolute atomic E-state index is 0.160. The van der Waals surface area contributed by atoms with E-state index in [9.17, 15) is 0 Å². The fourth-order valence-electron chi connectivity index (χ4n) is 0.880.